The molecule has 0 aromatic rings. The molecule has 1 N–H and O–H groups in total. The van der Waals surface area contributed by atoms with Gasteiger partial charge in [-0.25, -0.2) is 0 Å². The molecule has 0 unspecified atom stereocenters. The quantitative estimate of drug-likeness (QED) is 0.774. The second-order valence-electron chi connectivity index (χ2n) is 8.34. The molecule has 24 heavy (non-hydrogen) atoms. The minimum absolute atomic E-state index is 0.217. The summed E-state index contributed by atoms with van der Waals surface area (Å²) in [6, 6.07) is 0. The standard InChI is InChI=1S/C17H30O7/c1-15(2,3)14(19)22-13(11-9-21-17(6,7)24-11)12(18)10-8-20-16(4,5)23-10/h10-13,18H,8-9H2,1-7H3/t10-,11-,12-,13-/m1/s1. The normalized spacial score (nSPS) is 31.7. The number of hydrogen-bond acceptors (Lipinski definition) is 7. The van der Waals surface area contributed by atoms with E-state index in [9.17, 15) is 9.90 Å². The van der Waals surface area contributed by atoms with Crippen molar-refractivity contribution < 1.29 is 33.6 Å². The summed E-state index contributed by atoms with van der Waals surface area (Å²) in [7, 11) is 0. The van der Waals surface area contributed by atoms with Crippen LogP contribution in [-0.4, -0.2) is 60.3 Å². The van der Waals surface area contributed by atoms with E-state index in [1.165, 1.54) is 0 Å². The predicted octanol–water partition coefficient (Wildman–Crippen LogP) is 1.61. The fraction of sp³-hybridized carbons (Fsp3) is 0.941. The maximum absolute atomic E-state index is 12.3. The lowest BCUT2D eigenvalue weighted by Crippen LogP contribution is -2.50. The van der Waals surface area contributed by atoms with Gasteiger partial charge in [0.05, 0.1) is 18.6 Å². The van der Waals surface area contributed by atoms with Crippen LogP contribution in [0.2, 0.25) is 0 Å². The van der Waals surface area contributed by atoms with Crippen molar-refractivity contribution in [1.82, 2.24) is 0 Å². The number of aliphatic hydroxyl groups is 1. The van der Waals surface area contributed by atoms with Gasteiger partial charge in [-0.05, 0) is 48.5 Å². The molecular weight excluding hydrogens is 316 g/mol. The van der Waals surface area contributed by atoms with Crippen molar-refractivity contribution in [3.63, 3.8) is 0 Å². The number of ether oxygens (including phenoxy) is 5. The number of aliphatic hydroxyl groups excluding tert-OH is 1. The topological polar surface area (TPSA) is 83.5 Å². The molecule has 0 aromatic heterocycles. The molecule has 0 bridgehead atoms. The predicted molar refractivity (Wildman–Crippen MR) is 85.1 cm³/mol. The van der Waals surface area contributed by atoms with Gasteiger partial charge in [0.25, 0.3) is 0 Å². The van der Waals surface area contributed by atoms with Crippen molar-refractivity contribution in [1.29, 1.82) is 0 Å². The second-order valence-corrected chi connectivity index (χ2v) is 8.34. The van der Waals surface area contributed by atoms with E-state index >= 15 is 0 Å². The average molecular weight is 346 g/mol. The van der Waals surface area contributed by atoms with Gasteiger partial charge in [-0.2, -0.15) is 0 Å². The number of esters is 1. The molecule has 7 heteroatoms. The molecule has 0 amide bonds. The van der Waals surface area contributed by atoms with E-state index in [-0.39, 0.29) is 13.2 Å². The van der Waals surface area contributed by atoms with Crippen LogP contribution in [0.25, 0.3) is 0 Å². The van der Waals surface area contributed by atoms with Gasteiger partial charge in [0.2, 0.25) is 0 Å². The maximum Gasteiger partial charge on any atom is 0.311 e. The highest BCUT2D eigenvalue weighted by Gasteiger charge is 2.48. The van der Waals surface area contributed by atoms with Crippen molar-refractivity contribution >= 4 is 5.97 Å². The van der Waals surface area contributed by atoms with Crippen LogP contribution in [0.3, 0.4) is 0 Å². The van der Waals surface area contributed by atoms with Crippen LogP contribution in [0, 0.1) is 5.41 Å². The van der Waals surface area contributed by atoms with Gasteiger partial charge < -0.3 is 28.8 Å². The summed E-state index contributed by atoms with van der Waals surface area (Å²) in [4.78, 5) is 12.3. The highest BCUT2D eigenvalue weighted by molar-refractivity contribution is 5.75. The molecule has 2 rings (SSSR count). The van der Waals surface area contributed by atoms with Crippen LogP contribution in [0.1, 0.15) is 48.5 Å². The van der Waals surface area contributed by atoms with Crippen LogP contribution >= 0.6 is 0 Å². The molecule has 0 saturated carbocycles. The number of carbonyl (C=O) groups excluding carboxylic acids is 1. The van der Waals surface area contributed by atoms with Gasteiger partial charge in [-0.1, -0.05) is 0 Å². The van der Waals surface area contributed by atoms with Gasteiger partial charge in [0.1, 0.15) is 18.3 Å². The fourth-order valence-corrected chi connectivity index (χ4v) is 2.64. The van der Waals surface area contributed by atoms with Crippen molar-refractivity contribution in [3.05, 3.63) is 0 Å². The number of rotatable bonds is 4. The summed E-state index contributed by atoms with van der Waals surface area (Å²) in [6.45, 7) is 12.8. The Balaban J connectivity index is 2.15. The largest absolute Gasteiger partial charge is 0.456 e. The Morgan fingerprint density at radius 1 is 1.04 bits per heavy atom. The molecule has 2 aliphatic heterocycles. The Hall–Kier alpha value is -0.730. The van der Waals surface area contributed by atoms with Gasteiger partial charge in [-0.3, -0.25) is 4.79 Å². The zero-order valence-corrected chi connectivity index (χ0v) is 15.6. The third kappa shape index (κ3) is 4.67. The van der Waals surface area contributed by atoms with Gasteiger partial charge >= 0.3 is 5.97 Å². The molecule has 7 nitrogen and oxygen atoms in total. The highest BCUT2D eigenvalue weighted by atomic mass is 16.8. The van der Waals surface area contributed by atoms with E-state index in [2.05, 4.69) is 0 Å². The summed E-state index contributed by atoms with van der Waals surface area (Å²) < 4.78 is 28.2. The molecule has 0 spiro atoms. The summed E-state index contributed by atoms with van der Waals surface area (Å²) >= 11 is 0. The highest BCUT2D eigenvalue weighted by Crippen LogP contribution is 2.32. The Bertz CT molecular complexity index is 466. The van der Waals surface area contributed by atoms with E-state index in [0.717, 1.165) is 0 Å². The zero-order chi connectivity index (χ0) is 18.3. The molecule has 4 atom stereocenters. The Labute approximate surface area is 143 Å². The van der Waals surface area contributed by atoms with Crippen LogP contribution < -0.4 is 0 Å². The average Bonchev–Trinajstić information content (AvgIpc) is 2.96. The molecule has 2 saturated heterocycles. The molecule has 2 fully saturated rings. The minimum Gasteiger partial charge on any atom is -0.456 e. The zero-order valence-electron chi connectivity index (χ0n) is 15.6. The summed E-state index contributed by atoms with van der Waals surface area (Å²) in [5.41, 5.74) is -0.695. The van der Waals surface area contributed by atoms with E-state index in [1.807, 2.05) is 0 Å². The first-order valence-electron chi connectivity index (χ1n) is 8.33. The van der Waals surface area contributed by atoms with Crippen LogP contribution in [0.4, 0.5) is 0 Å². The van der Waals surface area contributed by atoms with E-state index in [4.69, 9.17) is 23.7 Å². The van der Waals surface area contributed by atoms with Crippen LogP contribution in [0.5, 0.6) is 0 Å². The second kappa shape index (κ2) is 6.53. The van der Waals surface area contributed by atoms with E-state index in [1.54, 1.807) is 48.5 Å². The first-order chi connectivity index (χ1) is 10.8. The summed E-state index contributed by atoms with van der Waals surface area (Å²) in [5, 5.41) is 10.8. The van der Waals surface area contributed by atoms with E-state index in [0.29, 0.717) is 0 Å². The smallest absolute Gasteiger partial charge is 0.311 e. The van der Waals surface area contributed by atoms with Gasteiger partial charge in [-0.15, -0.1) is 0 Å². The maximum atomic E-state index is 12.3. The summed E-state index contributed by atoms with van der Waals surface area (Å²) in [5.74, 6) is -1.99. The van der Waals surface area contributed by atoms with Crippen molar-refractivity contribution in [2.24, 2.45) is 5.41 Å². The number of carbonyl (C=O) groups is 1. The Morgan fingerprint density at radius 2 is 1.50 bits per heavy atom. The minimum atomic E-state index is -1.08. The third-order valence-corrected chi connectivity index (χ3v) is 4.00. The molecule has 0 radical (unpaired) electrons. The molecule has 0 aromatic carbocycles. The van der Waals surface area contributed by atoms with Gasteiger partial charge in [0, 0.05) is 0 Å². The first kappa shape index (κ1) is 19.6. The molecule has 140 valence electrons. The first-order valence-corrected chi connectivity index (χ1v) is 8.33. The SMILES string of the molecule is CC1(C)OC[C@H]([C@@H](O)[C@H](OC(=O)C(C)(C)C)[C@H]2COC(C)(C)O2)O1. The lowest BCUT2D eigenvalue weighted by Gasteiger charge is -2.32. The van der Waals surface area contributed by atoms with Crippen molar-refractivity contribution in [2.45, 2.75) is 84.5 Å². The third-order valence-electron chi connectivity index (χ3n) is 4.00. The van der Waals surface area contributed by atoms with Crippen molar-refractivity contribution in [2.75, 3.05) is 13.2 Å². The van der Waals surface area contributed by atoms with Crippen LogP contribution in [0.15, 0.2) is 0 Å². The lowest BCUT2D eigenvalue weighted by atomic mass is 9.96. The van der Waals surface area contributed by atoms with Crippen molar-refractivity contribution in [3.8, 4) is 0 Å². The fourth-order valence-electron chi connectivity index (χ4n) is 2.64. The van der Waals surface area contributed by atoms with Gasteiger partial charge in [0.15, 0.2) is 17.7 Å². The Morgan fingerprint density at radius 3 is 1.88 bits per heavy atom. The van der Waals surface area contributed by atoms with Crippen LogP contribution in [-0.2, 0) is 28.5 Å². The Kier molecular flexibility index (Phi) is 5.33. The number of hydrogen-bond donors (Lipinski definition) is 1. The molecule has 2 aliphatic rings. The summed E-state index contributed by atoms with van der Waals surface area (Å²) in [6.07, 6.45) is -3.17. The molecule has 2 heterocycles. The molecule has 0 aliphatic carbocycles. The van der Waals surface area contributed by atoms with E-state index < -0.39 is 47.4 Å². The molecular formula is C17H30O7. The monoisotopic (exact) mass is 346 g/mol. The lowest BCUT2D eigenvalue weighted by molar-refractivity contribution is -0.202.